The van der Waals surface area contributed by atoms with Crippen molar-refractivity contribution in [2.24, 2.45) is 0 Å². The fraction of sp³-hybridized carbons (Fsp3) is 0.250. The first-order valence-electron chi connectivity index (χ1n) is 6.57. The summed E-state index contributed by atoms with van der Waals surface area (Å²) in [6, 6.07) is 19.1. The number of likely N-dealkylation sites (N-methyl/N-ethyl adjacent to an activating group) is 1. The van der Waals surface area contributed by atoms with Gasteiger partial charge in [0.1, 0.15) is 4.75 Å². The third-order valence-electron chi connectivity index (χ3n) is 4.26. The predicted octanol–water partition coefficient (Wildman–Crippen LogP) is 2.92. The van der Waals surface area contributed by atoms with Gasteiger partial charge in [-0.15, -0.1) is 0 Å². The summed E-state index contributed by atoms with van der Waals surface area (Å²) in [7, 11) is -1.67. The smallest absolute Gasteiger partial charge is 0.211 e. The second kappa shape index (κ2) is 4.43. The van der Waals surface area contributed by atoms with Crippen molar-refractivity contribution in [1.82, 2.24) is 4.31 Å². The molecule has 0 radical (unpaired) electrons. The van der Waals surface area contributed by atoms with Gasteiger partial charge in [0.05, 0.1) is 6.04 Å². The van der Waals surface area contributed by atoms with E-state index in [1.165, 1.54) is 4.31 Å². The molecule has 2 aromatic rings. The van der Waals surface area contributed by atoms with Crippen LogP contribution in [0.3, 0.4) is 0 Å². The van der Waals surface area contributed by atoms with E-state index >= 15 is 0 Å². The van der Waals surface area contributed by atoms with Crippen LogP contribution in [0.15, 0.2) is 60.7 Å². The van der Waals surface area contributed by atoms with Gasteiger partial charge in [0.2, 0.25) is 10.0 Å². The molecule has 0 aromatic heterocycles. The van der Waals surface area contributed by atoms with Crippen LogP contribution in [-0.4, -0.2) is 19.8 Å². The van der Waals surface area contributed by atoms with Gasteiger partial charge in [-0.1, -0.05) is 60.7 Å². The lowest BCUT2D eigenvalue weighted by Gasteiger charge is -2.53. The van der Waals surface area contributed by atoms with Crippen molar-refractivity contribution < 1.29 is 8.42 Å². The number of sulfonamides is 1. The van der Waals surface area contributed by atoms with E-state index < -0.39 is 14.8 Å². The maximum absolute atomic E-state index is 12.6. The van der Waals surface area contributed by atoms with Crippen LogP contribution in [0.2, 0.25) is 0 Å². The Bertz CT molecular complexity index is 713. The number of benzene rings is 2. The second-order valence-corrected chi connectivity index (χ2v) is 7.68. The van der Waals surface area contributed by atoms with Crippen molar-refractivity contribution >= 4 is 10.0 Å². The van der Waals surface area contributed by atoms with Crippen molar-refractivity contribution in [3.8, 4) is 0 Å². The molecule has 3 nitrogen and oxygen atoms in total. The summed E-state index contributed by atoms with van der Waals surface area (Å²) in [6.45, 7) is 1.81. The number of nitrogens with zero attached hydrogens (tertiary/aromatic N) is 1. The van der Waals surface area contributed by atoms with Crippen LogP contribution in [0.1, 0.15) is 24.1 Å². The molecule has 0 N–H and O–H groups in total. The molecule has 4 heteroatoms. The molecule has 1 aliphatic heterocycles. The lowest BCUT2D eigenvalue weighted by Crippen LogP contribution is -2.62. The Labute approximate surface area is 119 Å². The number of hydrogen-bond donors (Lipinski definition) is 0. The van der Waals surface area contributed by atoms with Gasteiger partial charge in [-0.3, -0.25) is 0 Å². The van der Waals surface area contributed by atoms with Crippen molar-refractivity contribution in [3.05, 3.63) is 71.8 Å². The Balaban J connectivity index is 2.16. The first-order valence-corrected chi connectivity index (χ1v) is 8.01. The first kappa shape index (κ1) is 13.3. The van der Waals surface area contributed by atoms with Gasteiger partial charge in [0, 0.05) is 7.05 Å². The Kier molecular flexibility index (Phi) is 2.96. The molecule has 1 heterocycles. The number of rotatable bonds is 2. The van der Waals surface area contributed by atoms with E-state index in [0.29, 0.717) is 0 Å². The van der Waals surface area contributed by atoms with Crippen LogP contribution < -0.4 is 0 Å². The van der Waals surface area contributed by atoms with E-state index in [9.17, 15) is 8.42 Å². The van der Waals surface area contributed by atoms with Crippen molar-refractivity contribution in [3.63, 3.8) is 0 Å². The number of hydrogen-bond acceptors (Lipinski definition) is 2. The second-order valence-electron chi connectivity index (χ2n) is 5.31. The highest BCUT2D eigenvalue weighted by Crippen LogP contribution is 2.55. The van der Waals surface area contributed by atoms with E-state index in [-0.39, 0.29) is 6.04 Å². The molecular weight excluding hydrogens is 270 g/mol. The quantitative estimate of drug-likeness (QED) is 0.851. The lowest BCUT2D eigenvalue weighted by molar-refractivity contribution is 0.223. The Hall–Kier alpha value is -1.65. The van der Waals surface area contributed by atoms with Crippen LogP contribution in [-0.2, 0) is 14.8 Å². The average molecular weight is 287 g/mol. The lowest BCUT2D eigenvalue weighted by atomic mass is 9.87. The Morgan fingerprint density at radius 1 is 0.950 bits per heavy atom. The van der Waals surface area contributed by atoms with Gasteiger partial charge < -0.3 is 0 Å². The summed E-state index contributed by atoms with van der Waals surface area (Å²) in [5, 5.41) is 0. The average Bonchev–Trinajstić information content (AvgIpc) is 2.49. The molecule has 1 fully saturated rings. The molecule has 2 atom stereocenters. The fourth-order valence-corrected chi connectivity index (χ4v) is 5.17. The zero-order chi connectivity index (χ0) is 14.4. The Morgan fingerprint density at radius 2 is 1.45 bits per heavy atom. The molecule has 2 aromatic carbocycles. The molecular formula is C16H17NO2S. The molecule has 1 saturated heterocycles. The minimum atomic E-state index is -3.32. The summed E-state index contributed by atoms with van der Waals surface area (Å²) < 4.78 is 25.7. The maximum atomic E-state index is 12.6. The zero-order valence-electron chi connectivity index (χ0n) is 11.5. The molecule has 1 aliphatic rings. The molecule has 0 spiro atoms. The minimum Gasteiger partial charge on any atom is -0.211 e. The van der Waals surface area contributed by atoms with E-state index in [0.717, 1.165) is 11.1 Å². The zero-order valence-corrected chi connectivity index (χ0v) is 12.3. The van der Waals surface area contributed by atoms with E-state index in [4.69, 9.17) is 0 Å². The molecule has 0 saturated carbocycles. The summed E-state index contributed by atoms with van der Waals surface area (Å²) in [5.74, 6) is 0. The predicted molar refractivity (Wildman–Crippen MR) is 79.7 cm³/mol. The van der Waals surface area contributed by atoms with E-state index in [1.54, 1.807) is 7.05 Å². The third-order valence-corrected chi connectivity index (χ3v) is 6.76. The van der Waals surface area contributed by atoms with Gasteiger partial charge in [-0.2, -0.15) is 4.31 Å². The molecule has 0 bridgehead atoms. The molecule has 0 amide bonds. The Morgan fingerprint density at radius 3 is 2.00 bits per heavy atom. The van der Waals surface area contributed by atoms with E-state index in [1.807, 2.05) is 67.6 Å². The van der Waals surface area contributed by atoms with Gasteiger partial charge in [-0.05, 0) is 18.1 Å². The summed E-state index contributed by atoms with van der Waals surface area (Å²) in [4.78, 5) is 0. The normalized spacial score (nSPS) is 28.8. The van der Waals surface area contributed by atoms with Gasteiger partial charge in [0.25, 0.3) is 0 Å². The van der Waals surface area contributed by atoms with Crippen LogP contribution in [0.4, 0.5) is 0 Å². The highest BCUT2D eigenvalue weighted by atomic mass is 32.2. The van der Waals surface area contributed by atoms with Gasteiger partial charge in [-0.25, -0.2) is 8.42 Å². The molecule has 104 valence electrons. The van der Waals surface area contributed by atoms with Crippen LogP contribution in [0.25, 0.3) is 0 Å². The molecule has 3 rings (SSSR count). The first-order chi connectivity index (χ1) is 9.49. The minimum absolute atomic E-state index is 0.156. The summed E-state index contributed by atoms with van der Waals surface area (Å²) >= 11 is 0. The fourth-order valence-electron chi connectivity index (χ4n) is 3.12. The molecule has 0 aliphatic carbocycles. The standard InChI is InChI=1S/C16H17NO2S/c1-16(14-11-7-4-8-12-14)15(17(2)20(16,18)19)13-9-5-3-6-10-13/h3-12,15H,1-2H3/t15-,16-/m0/s1. The molecule has 20 heavy (non-hydrogen) atoms. The van der Waals surface area contributed by atoms with Crippen LogP contribution >= 0.6 is 0 Å². The van der Waals surface area contributed by atoms with E-state index in [2.05, 4.69) is 0 Å². The van der Waals surface area contributed by atoms with Crippen LogP contribution in [0, 0.1) is 0 Å². The summed E-state index contributed by atoms with van der Waals surface area (Å²) in [5.41, 5.74) is 1.86. The van der Waals surface area contributed by atoms with Gasteiger partial charge >= 0.3 is 0 Å². The van der Waals surface area contributed by atoms with Crippen molar-refractivity contribution in [1.29, 1.82) is 0 Å². The summed E-state index contributed by atoms with van der Waals surface area (Å²) in [6.07, 6.45) is 0. The SMILES string of the molecule is CN1[C@@H](c2ccccc2)[C@](C)(c2ccccc2)S1(=O)=O. The highest BCUT2D eigenvalue weighted by Gasteiger charge is 2.62. The van der Waals surface area contributed by atoms with Crippen molar-refractivity contribution in [2.45, 2.75) is 17.7 Å². The molecule has 0 unspecified atom stereocenters. The monoisotopic (exact) mass is 287 g/mol. The highest BCUT2D eigenvalue weighted by molar-refractivity contribution is 7.91. The third kappa shape index (κ3) is 1.58. The largest absolute Gasteiger partial charge is 0.226 e. The van der Waals surface area contributed by atoms with Crippen molar-refractivity contribution in [2.75, 3.05) is 7.05 Å². The topological polar surface area (TPSA) is 37.4 Å². The van der Waals surface area contributed by atoms with Gasteiger partial charge in [0.15, 0.2) is 0 Å². The van der Waals surface area contributed by atoms with Crippen LogP contribution in [0.5, 0.6) is 0 Å². The maximum Gasteiger partial charge on any atom is 0.226 e.